The number of carboxylic acids is 1. The molecule has 0 saturated carbocycles. The van der Waals surface area contributed by atoms with Crippen LogP contribution in [0.3, 0.4) is 0 Å². The normalized spacial score (nSPS) is 15.0. The molecule has 12 heteroatoms. The highest BCUT2D eigenvalue weighted by Gasteiger charge is 2.30. The first-order valence-corrected chi connectivity index (χ1v) is 11.1. The summed E-state index contributed by atoms with van der Waals surface area (Å²) < 4.78 is 0. The Morgan fingerprint density at radius 2 is 1.40 bits per heavy atom. The molecule has 0 aliphatic carbocycles. The molecule has 0 bridgehead atoms. The molecule has 4 atom stereocenters. The van der Waals surface area contributed by atoms with Gasteiger partial charge in [0.25, 0.3) is 0 Å². The molecule has 3 amide bonds. The van der Waals surface area contributed by atoms with Crippen LogP contribution in [0.2, 0.25) is 0 Å². The molecule has 8 N–H and O–H groups in total. The molecule has 0 aromatic rings. The van der Waals surface area contributed by atoms with E-state index in [2.05, 4.69) is 41.2 Å². The minimum absolute atomic E-state index is 0.0818. The number of nitrogens with one attached hydrogen (secondary N) is 3. The number of rotatable bonds is 15. The van der Waals surface area contributed by atoms with Crippen LogP contribution >= 0.6 is 25.3 Å². The third-order valence-electron chi connectivity index (χ3n) is 4.25. The number of carboxylic acid groups (broad SMARTS) is 1. The van der Waals surface area contributed by atoms with Gasteiger partial charge >= 0.3 is 5.97 Å². The number of nitrogens with two attached hydrogens (primary N) is 2. The number of carbonyl (C=O) groups is 4. The van der Waals surface area contributed by atoms with Crippen molar-refractivity contribution < 1.29 is 24.3 Å². The summed E-state index contributed by atoms with van der Waals surface area (Å²) in [6.45, 7) is 4.20. The summed E-state index contributed by atoms with van der Waals surface area (Å²) in [6.07, 6.45) is 1.80. The van der Waals surface area contributed by atoms with E-state index in [-0.39, 0.29) is 23.8 Å². The van der Waals surface area contributed by atoms with Gasteiger partial charge in [-0.25, -0.2) is 4.79 Å². The van der Waals surface area contributed by atoms with E-state index in [1.54, 1.807) is 0 Å². The Morgan fingerprint density at radius 3 is 1.87 bits per heavy atom. The second kappa shape index (κ2) is 15.3. The van der Waals surface area contributed by atoms with Crippen LogP contribution in [-0.4, -0.2) is 71.0 Å². The smallest absolute Gasteiger partial charge is 0.327 e. The number of thiol groups is 2. The topological polar surface area (TPSA) is 177 Å². The van der Waals surface area contributed by atoms with Gasteiger partial charge in [-0.05, 0) is 38.1 Å². The SMILES string of the molecule is CC(C)CC(NC(=O)C(N)CS)C(=O)NC(CCCCN)C(=O)NC(CS)C(=O)O. The molecule has 0 aliphatic rings. The summed E-state index contributed by atoms with van der Waals surface area (Å²) in [4.78, 5) is 48.7. The molecule has 30 heavy (non-hydrogen) atoms. The van der Waals surface area contributed by atoms with Gasteiger partial charge in [-0.15, -0.1) is 0 Å². The van der Waals surface area contributed by atoms with E-state index in [9.17, 15) is 19.2 Å². The number of aliphatic carboxylic acids is 1. The number of hydrogen-bond donors (Lipinski definition) is 8. The van der Waals surface area contributed by atoms with E-state index in [1.807, 2.05) is 13.8 Å². The first kappa shape index (κ1) is 28.5. The number of carbonyl (C=O) groups excluding carboxylic acids is 3. The molecule has 4 unspecified atom stereocenters. The van der Waals surface area contributed by atoms with Crippen LogP contribution in [0.5, 0.6) is 0 Å². The van der Waals surface area contributed by atoms with Crippen molar-refractivity contribution in [3.05, 3.63) is 0 Å². The Hall–Kier alpha value is -1.50. The fraction of sp³-hybridized carbons (Fsp3) is 0.778. The first-order chi connectivity index (χ1) is 14.1. The lowest BCUT2D eigenvalue weighted by Crippen LogP contribution is -2.57. The van der Waals surface area contributed by atoms with Crippen molar-refractivity contribution in [3.63, 3.8) is 0 Å². The highest BCUT2D eigenvalue weighted by atomic mass is 32.1. The van der Waals surface area contributed by atoms with Gasteiger partial charge in [-0.1, -0.05) is 13.8 Å². The minimum Gasteiger partial charge on any atom is -0.480 e. The summed E-state index contributed by atoms with van der Waals surface area (Å²) in [5.74, 6) is -2.83. The molecule has 174 valence electrons. The average molecular weight is 466 g/mol. The van der Waals surface area contributed by atoms with Crippen LogP contribution in [0.4, 0.5) is 0 Å². The maximum atomic E-state index is 12.8. The van der Waals surface area contributed by atoms with Crippen LogP contribution < -0.4 is 27.4 Å². The second-order valence-electron chi connectivity index (χ2n) is 7.41. The van der Waals surface area contributed by atoms with Crippen molar-refractivity contribution in [3.8, 4) is 0 Å². The molecule has 0 saturated heterocycles. The summed E-state index contributed by atoms with van der Waals surface area (Å²) in [5, 5.41) is 16.7. The van der Waals surface area contributed by atoms with Gasteiger partial charge in [-0.2, -0.15) is 25.3 Å². The van der Waals surface area contributed by atoms with Gasteiger partial charge < -0.3 is 32.5 Å². The maximum Gasteiger partial charge on any atom is 0.327 e. The number of hydrogen-bond acceptors (Lipinski definition) is 8. The third kappa shape index (κ3) is 11.0. The molecule has 0 radical (unpaired) electrons. The Labute approximate surface area is 188 Å². The molecule has 0 aliphatic heterocycles. The zero-order chi connectivity index (χ0) is 23.3. The average Bonchev–Trinajstić information content (AvgIpc) is 2.69. The fourth-order valence-corrected chi connectivity index (χ4v) is 2.97. The molecular weight excluding hydrogens is 430 g/mol. The van der Waals surface area contributed by atoms with Crippen molar-refractivity contribution >= 4 is 48.9 Å². The Morgan fingerprint density at radius 1 is 0.867 bits per heavy atom. The van der Waals surface area contributed by atoms with E-state index >= 15 is 0 Å². The summed E-state index contributed by atoms with van der Waals surface area (Å²) in [5.41, 5.74) is 11.2. The lowest BCUT2D eigenvalue weighted by molar-refractivity contribution is -0.141. The van der Waals surface area contributed by atoms with E-state index in [0.717, 1.165) is 0 Å². The quantitative estimate of drug-likeness (QED) is 0.112. The fourth-order valence-electron chi connectivity index (χ4n) is 2.56. The van der Waals surface area contributed by atoms with Gasteiger partial charge in [0.05, 0.1) is 6.04 Å². The standard InChI is InChI=1S/C18H35N5O5S2/c1-10(2)7-13(22-15(24)11(20)8-29)17(26)21-12(5-3-4-6-19)16(25)23-14(9-30)18(27)28/h10-14,29-30H,3-9,19-20H2,1-2H3,(H,21,26)(H,22,24)(H,23,25)(H,27,28). The lowest BCUT2D eigenvalue weighted by atomic mass is 10.0. The van der Waals surface area contributed by atoms with Gasteiger partial charge in [0, 0.05) is 11.5 Å². The monoisotopic (exact) mass is 465 g/mol. The molecule has 0 spiro atoms. The predicted octanol–water partition coefficient (Wildman–Crippen LogP) is -1.11. The summed E-state index contributed by atoms with van der Waals surface area (Å²) in [7, 11) is 0. The number of unbranched alkanes of at least 4 members (excludes halogenated alkanes) is 1. The highest BCUT2D eigenvalue weighted by molar-refractivity contribution is 7.80. The van der Waals surface area contributed by atoms with Gasteiger partial charge in [0.15, 0.2) is 0 Å². The van der Waals surface area contributed by atoms with Crippen LogP contribution in [0.1, 0.15) is 39.5 Å². The molecule has 0 rings (SSSR count). The first-order valence-electron chi connectivity index (χ1n) is 9.88. The molecule has 0 aromatic carbocycles. The van der Waals surface area contributed by atoms with Gasteiger partial charge in [0.1, 0.15) is 18.1 Å². The maximum absolute atomic E-state index is 12.8. The Balaban J connectivity index is 5.35. The van der Waals surface area contributed by atoms with E-state index in [0.29, 0.717) is 25.8 Å². The summed E-state index contributed by atoms with van der Waals surface area (Å²) >= 11 is 7.91. The Bertz CT molecular complexity index is 579. The molecule has 0 fully saturated rings. The van der Waals surface area contributed by atoms with Gasteiger partial charge in [0.2, 0.25) is 17.7 Å². The van der Waals surface area contributed by atoms with Crippen LogP contribution in [-0.2, 0) is 19.2 Å². The van der Waals surface area contributed by atoms with Crippen molar-refractivity contribution in [1.29, 1.82) is 0 Å². The second-order valence-corrected chi connectivity index (χ2v) is 8.14. The molecular formula is C18H35N5O5S2. The van der Waals surface area contributed by atoms with Crippen LogP contribution in [0.15, 0.2) is 0 Å². The zero-order valence-electron chi connectivity index (χ0n) is 17.5. The largest absolute Gasteiger partial charge is 0.480 e. The molecule has 0 heterocycles. The van der Waals surface area contributed by atoms with Crippen molar-refractivity contribution in [1.82, 2.24) is 16.0 Å². The predicted molar refractivity (Wildman–Crippen MR) is 121 cm³/mol. The van der Waals surface area contributed by atoms with Crippen LogP contribution in [0, 0.1) is 5.92 Å². The summed E-state index contributed by atoms with van der Waals surface area (Å²) in [6, 6.07) is -3.93. The van der Waals surface area contributed by atoms with Crippen molar-refractivity contribution in [2.75, 3.05) is 18.1 Å². The molecule has 0 aromatic heterocycles. The Kier molecular flexibility index (Phi) is 14.6. The van der Waals surface area contributed by atoms with Crippen molar-refractivity contribution in [2.24, 2.45) is 17.4 Å². The molecule has 10 nitrogen and oxygen atoms in total. The van der Waals surface area contributed by atoms with E-state index in [4.69, 9.17) is 16.6 Å². The highest BCUT2D eigenvalue weighted by Crippen LogP contribution is 2.08. The van der Waals surface area contributed by atoms with Crippen molar-refractivity contribution in [2.45, 2.75) is 63.7 Å². The lowest BCUT2D eigenvalue weighted by Gasteiger charge is -2.25. The number of amides is 3. The van der Waals surface area contributed by atoms with Gasteiger partial charge in [-0.3, -0.25) is 14.4 Å². The third-order valence-corrected chi connectivity index (χ3v) is 5.01. The van der Waals surface area contributed by atoms with E-state index in [1.165, 1.54) is 0 Å². The minimum atomic E-state index is -1.23. The van der Waals surface area contributed by atoms with Crippen LogP contribution in [0.25, 0.3) is 0 Å². The van der Waals surface area contributed by atoms with E-state index < -0.39 is 47.9 Å². The zero-order valence-corrected chi connectivity index (χ0v) is 19.3.